The monoisotopic (exact) mass is 404 g/mol. The molecule has 2 amide bonds. The van der Waals surface area contributed by atoms with Crippen LogP contribution in [0.15, 0.2) is 60.8 Å². The molecule has 0 saturated heterocycles. The number of nitrogens with one attached hydrogen (secondary N) is 2. The summed E-state index contributed by atoms with van der Waals surface area (Å²) in [5.74, 6) is -0.406. The van der Waals surface area contributed by atoms with Gasteiger partial charge in [-0.25, -0.2) is 0 Å². The standard InChI is InChI=1S/C23H24N4O3/c28-22(26-15-17-6-2-1-3-7-17)19-14-20(27-12-13-30-16-21(19)27)23(29)25-11-9-18-8-4-5-10-24-18/h1-8,10,14H,9,11-13,15-16H2,(H,25,29)(H,26,28). The number of carbonyl (C=O) groups is 2. The zero-order valence-electron chi connectivity index (χ0n) is 16.6. The maximum absolute atomic E-state index is 12.8. The van der Waals surface area contributed by atoms with E-state index in [0.717, 1.165) is 17.0 Å². The summed E-state index contributed by atoms with van der Waals surface area (Å²) >= 11 is 0. The average Bonchev–Trinajstić information content (AvgIpc) is 3.19. The highest BCUT2D eigenvalue weighted by Crippen LogP contribution is 2.21. The molecular weight excluding hydrogens is 380 g/mol. The van der Waals surface area contributed by atoms with E-state index in [2.05, 4.69) is 15.6 Å². The van der Waals surface area contributed by atoms with Crippen LogP contribution in [0, 0.1) is 0 Å². The summed E-state index contributed by atoms with van der Waals surface area (Å²) in [6.07, 6.45) is 2.38. The van der Waals surface area contributed by atoms with Crippen LogP contribution in [0.5, 0.6) is 0 Å². The predicted molar refractivity (Wildman–Crippen MR) is 112 cm³/mol. The van der Waals surface area contributed by atoms with Gasteiger partial charge in [-0.2, -0.15) is 0 Å². The second kappa shape index (κ2) is 9.37. The van der Waals surface area contributed by atoms with Crippen molar-refractivity contribution < 1.29 is 14.3 Å². The first-order valence-corrected chi connectivity index (χ1v) is 10.0. The maximum Gasteiger partial charge on any atom is 0.267 e. The lowest BCUT2D eigenvalue weighted by molar-refractivity contribution is 0.0779. The SMILES string of the molecule is O=C(NCc1ccccc1)c1cc(C(=O)NCCc2ccccn2)n2c1COCC2. The van der Waals surface area contributed by atoms with Gasteiger partial charge in [-0.1, -0.05) is 36.4 Å². The van der Waals surface area contributed by atoms with Gasteiger partial charge >= 0.3 is 0 Å². The lowest BCUT2D eigenvalue weighted by Crippen LogP contribution is -2.30. The topological polar surface area (TPSA) is 85.3 Å². The van der Waals surface area contributed by atoms with E-state index >= 15 is 0 Å². The van der Waals surface area contributed by atoms with Crippen molar-refractivity contribution in [2.45, 2.75) is 26.1 Å². The maximum atomic E-state index is 12.8. The van der Waals surface area contributed by atoms with Crippen molar-refractivity contribution in [1.82, 2.24) is 20.2 Å². The molecular formula is C23H24N4O3. The number of nitrogens with zero attached hydrogens (tertiary/aromatic N) is 2. The van der Waals surface area contributed by atoms with Crippen LogP contribution in [0.4, 0.5) is 0 Å². The number of fused-ring (bicyclic) bond motifs is 1. The molecule has 154 valence electrons. The second-order valence-corrected chi connectivity index (χ2v) is 7.09. The molecule has 1 aliphatic rings. The third-order valence-electron chi connectivity index (χ3n) is 5.07. The van der Waals surface area contributed by atoms with Gasteiger partial charge in [-0.3, -0.25) is 14.6 Å². The summed E-state index contributed by atoms with van der Waals surface area (Å²) in [4.78, 5) is 29.9. The number of ether oxygens (including phenoxy) is 1. The van der Waals surface area contributed by atoms with Crippen molar-refractivity contribution in [3.05, 3.63) is 89.0 Å². The molecule has 3 aromatic rings. The molecule has 2 N–H and O–H groups in total. The summed E-state index contributed by atoms with van der Waals surface area (Å²) in [6.45, 7) is 2.28. The smallest absolute Gasteiger partial charge is 0.267 e. The summed E-state index contributed by atoms with van der Waals surface area (Å²) in [6, 6.07) is 17.1. The van der Waals surface area contributed by atoms with Gasteiger partial charge in [0, 0.05) is 37.9 Å². The van der Waals surface area contributed by atoms with Gasteiger partial charge in [0.05, 0.1) is 24.5 Å². The number of carbonyl (C=O) groups excluding carboxylic acids is 2. The van der Waals surface area contributed by atoms with Gasteiger partial charge in [-0.15, -0.1) is 0 Å². The first-order valence-electron chi connectivity index (χ1n) is 10.0. The van der Waals surface area contributed by atoms with Gasteiger partial charge in [-0.05, 0) is 23.8 Å². The molecule has 0 spiro atoms. The van der Waals surface area contributed by atoms with Gasteiger partial charge in [0.15, 0.2) is 0 Å². The normalized spacial score (nSPS) is 12.8. The quantitative estimate of drug-likeness (QED) is 0.633. The van der Waals surface area contributed by atoms with Crippen LogP contribution in [0.1, 0.15) is 37.8 Å². The molecule has 0 saturated carbocycles. The zero-order chi connectivity index (χ0) is 20.8. The number of pyridine rings is 1. The molecule has 0 atom stereocenters. The Kier molecular flexibility index (Phi) is 6.20. The summed E-state index contributed by atoms with van der Waals surface area (Å²) in [7, 11) is 0. The number of amides is 2. The third kappa shape index (κ3) is 4.58. The fraction of sp³-hybridized carbons (Fsp3) is 0.261. The lowest BCUT2D eigenvalue weighted by atomic mass is 10.2. The predicted octanol–water partition coefficient (Wildman–Crippen LogP) is 2.32. The van der Waals surface area contributed by atoms with Crippen molar-refractivity contribution in [3.8, 4) is 0 Å². The summed E-state index contributed by atoms with van der Waals surface area (Å²) < 4.78 is 7.43. The van der Waals surface area contributed by atoms with Crippen LogP contribution in [0.3, 0.4) is 0 Å². The van der Waals surface area contributed by atoms with Crippen molar-refractivity contribution in [2.24, 2.45) is 0 Å². The first-order chi connectivity index (χ1) is 14.7. The highest BCUT2D eigenvalue weighted by Gasteiger charge is 2.25. The van der Waals surface area contributed by atoms with Crippen LogP contribution < -0.4 is 10.6 Å². The lowest BCUT2D eigenvalue weighted by Gasteiger charge is -2.19. The highest BCUT2D eigenvalue weighted by atomic mass is 16.5. The van der Waals surface area contributed by atoms with Crippen LogP contribution >= 0.6 is 0 Å². The van der Waals surface area contributed by atoms with Gasteiger partial charge in [0.2, 0.25) is 0 Å². The molecule has 3 heterocycles. The molecule has 30 heavy (non-hydrogen) atoms. The minimum absolute atomic E-state index is 0.198. The van der Waals surface area contributed by atoms with Gasteiger partial charge in [0.1, 0.15) is 5.69 Å². The average molecular weight is 404 g/mol. The Morgan fingerprint density at radius 2 is 1.87 bits per heavy atom. The Labute approximate surface area is 175 Å². The van der Waals surface area contributed by atoms with E-state index in [1.54, 1.807) is 12.3 Å². The molecule has 0 bridgehead atoms. The molecule has 7 heteroatoms. The number of aromatic nitrogens is 2. The van der Waals surface area contributed by atoms with Gasteiger partial charge < -0.3 is 19.9 Å². The van der Waals surface area contributed by atoms with E-state index in [4.69, 9.17) is 4.74 Å². The third-order valence-corrected chi connectivity index (χ3v) is 5.07. The second-order valence-electron chi connectivity index (χ2n) is 7.09. The minimum Gasteiger partial charge on any atom is -0.373 e. The van der Waals surface area contributed by atoms with Crippen molar-refractivity contribution >= 4 is 11.8 Å². The molecule has 0 unspecified atom stereocenters. The molecule has 1 aromatic carbocycles. The fourth-order valence-electron chi connectivity index (χ4n) is 3.52. The van der Waals surface area contributed by atoms with E-state index in [9.17, 15) is 9.59 Å². The zero-order valence-corrected chi connectivity index (χ0v) is 16.6. The molecule has 0 aliphatic carbocycles. The Morgan fingerprint density at radius 3 is 2.67 bits per heavy atom. The largest absolute Gasteiger partial charge is 0.373 e. The van der Waals surface area contributed by atoms with Crippen LogP contribution in [-0.4, -0.2) is 34.5 Å². The van der Waals surface area contributed by atoms with Crippen molar-refractivity contribution in [3.63, 3.8) is 0 Å². The molecule has 7 nitrogen and oxygen atoms in total. The molecule has 0 radical (unpaired) electrons. The number of hydrogen-bond acceptors (Lipinski definition) is 4. The Bertz CT molecular complexity index is 1020. The van der Waals surface area contributed by atoms with Gasteiger partial charge in [0.25, 0.3) is 11.8 Å². The number of rotatable bonds is 7. The fourth-order valence-corrected chi connectivity index (χ4v) is 3.52. The molecule has 4 rings (SSSR count). The van der Waals surface area contributed by atoms with Crippen LogP contribution in [-0.2, 0) is 30.9 Å². The molecule has 1 aliphatic heterocycles. The van der Waals surface area contributed by atoms with E-state index < -0.39 is 0 Å². The Hall–Kier alpha value is -3.45. The molecule has 2 aromatic heterocycles. The minimum atomic E-state index is -0.208. The van der Waals surface area contributed by atoms with Crippen molar-refractivity contribution in [2.75, 3.05) is 13.2 Å². The van der Waals surface area contributed by atoms with Crippen molar-refractivity contribution in [1.29, 1.82) is 0 Å². The van der Waals surface area contributed by atoms with E-state index in [1.165, 1.54) is 0 Å². The number of hydrogen-bond donors (Lipinski definition) is 2. The number of benzene rings is 1. The Morgan fingerprint density at radius 1 is 1.03 bits per heavy atom. The van der Waals surface area contributed by atoms with Crippen LogP contribution in [0.25, 0.3) is 0 Å². The van der Waals surface area contributed by atoms with Crippen LogP contribution in [0.2, 0.25) is 0 Å². The van der Waals surface area contributed by atoms with E-state index in [1.807, 2.05) is 53.1 Å². The summed E-state index contributed by atoms with van der Waals surface area (Å²) in [5, 5.41) is 5.87. The summed E-state index contributed by atoms with van der Waals surface area (Å²) in [5.41, 5.74) is 3.65. The highest BCUT2D eigenvalue weighted by molar-refractivity contribution is 6.00. The Balaban J connectivity index is 1.45. The first kappa shape index (κ1) is 19.8. The molecule has 0 fully saturated rings. The van der Waals surface area contributed by atoms with E-state index in [0.29, 0.717) is 50.5 Å². The van der Waals surface area contributed by atoms with E-state index in [-0.39, 0.29) is 11.8 Å².